The number of fused-ring (bicyclic) bond motifs is 1. The monoisotopic (exact) mass is 535 g/mol. The number of hydrogen-bond acceptors (Lipinski definition) is 9. The van der Waals surface area contributed by atoms with Crippen LogP contribution in [0.15, 0.2) is 41.2 Å². The summed E-state index contributed by atoms with van der Waals surface area (Å²) in [5, 5.41) is 6.80. The largest absolute Gasteiger partial charge is 0.453 e. The van der Waals surface area contributed by atoms with Gasteiger partial charge in [0.15, 0.2) is 0 Å². The molecule has 0 saturated carbocycles. The van der Waals surface area contributed by atoms with Crippen molar-refractivity contribution in [3.8, 4) is 11.4 Å². The van der Waals surface area contributed by atoms with Gasteiger partial charge in [0, 0.05) is 49.2 Å². The fourth-order valence-electron chi connectivity index (χ4n) is 4.70. The van der Waals surface area contributed by atoms with Crippen LogP contribution in [0, 0.1) is 12.7 Å². The minimum absolute atomic E-state index is 0.127. The SMILES string of the molecule is COC(=O)N1CC(c2nc(-c3cc(F)c(C)c(NC(=O)c4cnc5ccc(N6CCOCC6)cn45)c3)no2)C1. The van der Waals surface area contributed by atoms with Crippen LogP contribution in [0.5, 0.6) is 0 Å². The molecule has 1 N–H and O–H groups in total. The number of pyridine rings is 1. The van der Waals surface area contributed by atoms with Crippen molar-refractivity contribution in [1.82, 2.24) is 24.4 Å². The molecule has 0 unspecified atom stereocenters. The first kappa shape index (κ1) is 24.8. The van der Waals surface area contributed by atoms with Gasteiger partial charge in [0.05, 0.1) is 38.1 Å². The van der Waals surface area contributed by atoms with Gasteiger partial charge in [-0.2, -0.15) is 4.98 Å². The molecule has 0 atom stereocenters. The highest BCUT2D eigenvalue weighted by molar-refractivity contribution is 6.04. The molecule has 2 fully saturated rings. The summed E-state index contributed by atoms with van der Waals surface area (Å²) >= 11 is 0. The van der Waals surface area contributed by atoms with Crippen LogP contribution in [0.2, 0.25) is 0 Å². The summed E-state index contributed by atoms with van der Waals surface area (Å²) in [7, 11) is 1.32. The third-order valence-corrected chi connectivity index (χ3v) is 7.05. The fourth-order valence-corrected chi connectivity index (χ4v) is 4.70. The van der Waals surface area contributed by atoms with E-state index in [9.17, 15) is 14.0 Å². The molecular weight excluding hydrogens is 509 g/mol. The lowest BCUT2D eigenvalue weighted by Gasteiger charge is -2.35. The summed E-state index contributed by atoms with van der Waals surface area (Å²) in [4.78, 5) is 37.3. The molecule has 12 nitrogen and oxygen atoms in total. The van der Waals surface area contributed by atoms with Crippen LogP contribution < -0.4 is 10.2 Å². The number of nitrogens with zero attached hydrogens (tertiary/aromatic N) is 6. The highest BCUT2D eigenvalue weighted by Crippen LogP contribution is 2.31. The van der Waals surface area contributed by atoms with Gasteiger partial charge >= 0.3 is 6.09 Å². The topological polar surface area (TPSA) is 127 Å². The number of morpholine rings is 1. The first-order valence-corrected chi connectivity index (χ1v) is 12.5. The van der Waals surface area contributed by atoms with Gasteiger partial charge in [-0.3, -0.25) is 9.20 Å². The summed E-state index contributed by atoms with van der Waals surface area (Å²) in [6.07, 6.45) is 2.94. The molecule has 2 aliphatic rings. The lowest BCUT2D eigenvalue weighted by molar-refractivity contribution is 0.0804. The minimum atomic E-state index is -0.526. The van der Waals surface area contributed by atoms with Crippen LogP contribution >= 0.6 is 0 Å². The molecular formula is C26H26FN7O5. The Morgan fingerprint density at radius 3 is 2.74 bits per heavy atom. The zero-order chi connectivity index (χ0) is 27.1. The number of halogens is 1. The van der Waals surface area contributed by atoms with E-state index < -0.39 is 17.8 Å². The molecule has 39 heavy (non-hydrogen) atoms. The van der Waals surface area contributed by atoms with Gasteiger partial charge in [0.25, 0.3) is 5.91 Å². The number of likely N-dealkylation sites (tertiary alicyclic amines) is 1. The zero-order valence-corrected chi connectivity index (χ0v) is 21.4. The van der Waals surface area contributed by atoms with Gasteiger partial charge in [0.1, 0.15) is 17.2 Å². The maximum absolute atomic E-state index is 14.9. The van der Waals surface area contributed by atoms with Gasteiger partial charge in [-0.1, -0.05) is 5.16 Å². The first-order valence-electron chi connectivity index (χ1n) is 12.5. The summed E-state index contributed by atoms with van der Waals surface area (Å²) < 4.78 is 32.1. The molecule has 0 spiro atoms. The van der Waals surface area contributed by atoms with Crippen molar-refractivity contribution >= 4 is 29.0 Å². The van der Waals surface area contributed by atoms with E-state index in [2.05, 4.69) is 25.3 Å². The number of carbonyl (C=O) groups excluding carboxylic acids is 2. The normalized spacial score (nSPS) is 15.9. The summed E-state index contributed by atoms with van der Waals surface area (Å²) in [6.45, 7) is 5.17. The third kappa shape index (κ3) is 4.65. The van der Waals surface area contributed by atoms with Crippen LogP contribution in [-0.4, -0.2) is 82.9 Å². The van der Waals surface area contributed by atoms with Crippen molar-refractivity contribution < 1.29 is 28.0 Å². The second-order valence-corrected chi connectivity index (χ2v) is 9.47. The van der Waals surface area contributed by atoms with Crippen molar-refractivity contribution in [2.24, 2.45) is 0 Å². The molecule has 0 aliphatic carbocycles. The quantitative estimate of drug-likeness (QED) is 0.410. The molecule has 4 aromatic rings. The molecule has 0 radical (unpaired) electrons. The number of nitrogens with one attached hydrogen (secondary N) is 1. The van der Waals surface area contributed by atoms with E-state index >= 15 is 0 Å². The predicted octanol–water partition coefficient (Wildman–Crippen LogP) is 3.09. The highest BCUT2D eigenvalue weighted by atomic mass is 19.1. The summed E-state index contributed by atoms with van der Waals surface area (Å²) in [5.41, 5.74) is 2.78. The molecule has 0 bridgehead atoms. The Kier molecular flexibility index (Phi) is 6.35. The van der Waals surface area contributed by atoms with Crippen molar-refractivity contribution in [2.75, 3.05) is 56.7 Å². The molecule has 202 valence electrons. The maximum atomic E-state index is 14.9. The van der Waals surface area contributed by atoms with Gasteiger partial charge in [-0.15, -0.1) is 0 Å². The first-order chi connectivity index (χ1) is 18.9. The number of anilines is 2. The average molecular weight is 536 g/mol. The Labute approximate surface area is 222 Å². The third-order valence-electron chi connectivity index (χ3n) is 7.05. The van der Waals surface area contributed by atoms with E-state index in [1.807, 2.05) is 18.3 Å². The molecule has 2 saturated heterocycles. The van der Waals surface area contributed by atoms with E-state index in [-0.39, 0.29) is 23.0 Å². The highest BCUT2D eigenvalue weighted by Gasteiger charge is 2.36. The smallest absolute Gasteiger partial charge is 0.409 e. The molecule has 1 aromatic carbocycles. The van der Waals surface area contributed by atoms with Crippen LogP contribution in [0.4, 0.5) is 20.6 Å². The second-order valence-electron chi connectivity index (χ2n) is 9.47. The van der Waals surface area contributed by atoms with E-state index in [1.165, 1.54) is 24.3 Å². The number of methoxy groups -OCH3 is 1. The Hall–Kier alpha value is -4.52. The number of ether oxygens (including phenoxy) is 2. The molecule has 13 heteroatoms. The molecule has 5 heterocycles. The number of rotatable bonds is 5. The Morgan fingerprint density at radius 2 is 1.97 bits per heavy atom. The molecule has 2 amide bonds. The molecule has 6 rings (SSSR count). The van der Waals surface area contributed by atoms with E-state index in [4.69, 9.17) is 14.0 Å². The van der Waals surface area contributed by atoms with Crippen LogP contribution in [-0.2, 0) is 9.47 Å². The minimum Gasteiger partial charge on any atom is -0.453 e. The van der Waals surface area contributed by atoms with Gasteiger partial charge in [-0.25, -0.2) is 14.2 Å². The average Bonchev–Trinajstić information content (AvgIpc) is 3.58. The van der Waals surface area contributed by atoms with Crippen molar-refractivity contribution in [2.45, 2.75) is 12.8 Å². The number of amides is 2. The number of hydrogen-bond donors (Lipinski definition) is 1. The van der Waals surface area contributed by atoms with Crippen molar-refractivity contribution in [1.29, 1.82) is 0 Å². The standard InChI is InChI=1S/C26H26FN7O5/c1-15-19(27)9-16(23-30-25(39-31-23)17-12-33(13-17)26(36)37-2)10-20(15)29-24(35)21-11-28-22-4-3-18(14-34(21)22)32-5-7-38-8-6-32/h3-4,9-11,14,17H,5-8,12-13H2,1-2H3,(H,29,35). The zero-order valence-electron chi connectivity index (χ0n) is 21.4. The number of imidazole rings is 1. The Balaban J connectivity index is 1.23. The summed E-state index contributed by atoms with van der Waals surface area (Å²) in [5.74, 6) is -0.563. The number of benzene rings is 1. The molecule has 2 aliphatic heterocycles. The van der Waals surface area contributed by atoms with E-state index in [0.29, 0.717) is 49.1 Å². The Bertz CT molecular complexity index is 1560. The second kappa shape index (κ2) is 9.98. The van der Waals surface area contributed by atoms with E-state index in [1.54, 1.807) is 17.4 Å². The summed E-state index contributed by atoms with van der Waals surface area (Å²) in [6, 6.07) is 6.72. The predicted molar refractivity (Wildman–Crippen MR) is 137 cm³/mol. The van der Waals surface area contributed by atoms with Crippen LogP contribution in [0.1, 0.15) is 27.9 Å². The van der Waals surface area contributed by atoms with Gasteiger partial charge in [-0.05, 0) is 31.2 Å². The maximum Gasteiger partial charge on any atom is 0.409 e. The lowest BCUT2D eigenvalue weighted by Crippen LogP contribution is -2.48. The lowest BCUT2D eigenvalue weighted by atomic mass is 10.0. The number of aromatic nitrogens is 4. The van der Waals surface area contributed by atoms with Gasteiger partial charge in [0.2, 0.25) is 11.7 Å². The number of carbonyl (C=O) groups is 2. The fraction of sp³-hybridized carbons (Fsp3) is 0.346. The van der Waals surface area contributed by atoms with Crippen LogP contribution in [0.25, 0.3) is 17.0 Å². The van der Waals surface area contributed by atoms with Gasteiger partial charge < -0.3 is 29.1 Å². The van der Waals surface area contributed by atoms with E-state index in [0.717, 1.165) is 18.8 Å². The van der Waals surface area contributed by atoms with Crippen LogP contribution in [0.3, 0.4) is 0 Å². The van der Waals surface area contributed by atoms with Crippen molar-refractivity contribution in [3.63, 3.8) is 0 Å². The Morgan fingerprint density at radius 1 is 1.18 bits per heavy atom. The van der Waals surface area contributed by atoms with Crippen molar-refractivity contribution in [3.05, 3.63) is 59.6 Å². The molecule has 3 aromatic heterocycles.